The van der Waals surface area contributed by atoms with Gasteiger partial charge in [0.15, 0.2) is 0 Å². The fraction of sp³-hybridized carbons (Fsp3) is 0.174. The summed E-state index contributed by atoms with van der Waals surface area (Å²) in [6.45, 7) is 0. The van der Waals surface area contributed by atoms with Crippen LogP contribution in [0.1, 0.15) is 28.8 Å². The zero-order chi connectivity index (χ0) is 22.0. The second-order valence-corrected chi connectivity index (χ2v) is 8.09. The monoisotopic (exact) mass is 546 g/mol. The van der Waals surface area contributed by atoms with Gasteiger partial charge in [-0.15, -0.1) is 12.1 Å². The van der Waals surface area contributed by atoms with Crippen LogP contribution in [-0.4, -0.2) is 15.5 Å². The first-order valence-corrected chi connectivity index (χ1v) is 12.9. The number of methoxy groups -OCH3 is 1. The third kappa shape index (κ3) is 8.36. The molecule has 5 nitrogen and oxygen atoms in total. The maximum absolute atomic E-state index is 12.8. The predicted molar refractivity (Wildman–Crippen MR) is 124 cm³/mol. The van der Waals surface area contributed by atoms with E-state index in [9.17, 15) is 8.42 Å². The average Bonchev–Trinajstić information content (AvgIpc) is 2.80. The summed E-state index contributed by atoms with van der Waals surface area (Å²) in [7, 11) is 2.34. The summed E-state index contributed by atoms with van der Waals surface area (Å²) >= 11 is 1.82. The Bertz CT molecular complexity index is 988. The van der Waals surface area contributed by atoms with E-state index in [4.69, 9.17) is 10.5 Å². The predicted octanol–water partition coefficient (Wildman–Crippen LogP) is 6.57. The van der Waals surface area contributed by atoms with E-state index in [1.165, 1.54) is 0 Å². The van der Waals surface area contributed by atoms with E-state index < -0.39 is 22.1 Å². The molecule has 3 rings (SSSR count). The van der Waals surface area contributed by atoms with Crippen molar-refractivity contribution in [1.29, 1.82) is 0 Å². The van der Waals surface area contributed by atoms with Gasteiger partial charge >= 0.3 is 27.0 Å². The van der Waals surface area contributed by atoms with Crippen molar-refractivity contribution in [3.63, 3.8) is 0 Å². The Labute approximate surface area is 199 Å². The first-order valence-electron chi connectivity index (χ1n) is 9.00. The second kappa shape index (κ2) is 13.6. The molecule has 1 N–H and O–H groups in total. The van der Waals surface area contributed by atoms with E-state index in [1.807, 2.05) is 78.0 Å². The summed E-state index contributed by atoms with van der Waals surface area (Å²) < 4.78 is 34.8. The van der Waals surface area contributed by atoms with Gasteiger partial charge in [0.05, 0.1) is 22.9 Å². The zero-order valence-corrected chi connectivity index (χ0v) is 20.6. The van der Waals surface area contributed by atoms with Crippen LogP contribution in [-0.2, 0) is 33.1 Å². The number of benzene rings is 3. The van der Waals surface area contributed by atoms with Crippen molar-refractivity contribution in [3.8, 4) is 5.75 Å². The Kier molecular flexibility index (Phi) is 12.0. The van der Waals surface area contributed by atoms with E-state index in [-0.39, 0.29) is 13.2 Å². The Morgan fingerprint density at radius 2 is 1.39 bits per heavy atom. The normalized spacial score (nSPS) is 12.5. The SMILES string of the molecule is COc1ccc(CS(=O)(=O)[N-]C(c2ccccc2)C([NH-])c2ccccc2)cc1.[CH3-].[Cl][Ru+3]. The molecule has 0 amide bonds. The van der Waals surface area contributed by atoms with E-state index in [2.05, 4.69) is 14.4 Å². The molecule has 0 aliphatic carbocycles. The molecule has 2 unspecified atom stereocenters. The van der Waals surface area contributed by atoms with Crippen molar-refractivity contribution in [2.45, 2.75) is 17.8 Å². The van der Waals surface area contributed by atoms with Crippen LogP contribution in [0.5, 0.6) is 5.75 Å². The number of halogens is 1. The number of nitrogens with one attached hydrogen (secondary N) is 1. The van der Waals surface area contributed by atoms with Crippen LogP contribution in [0.4, 0.5) is 0 Å². The molecule has 0 aliphatic rings. The van der Waals surface area contributed by atoms with Gasteiger partial charge in [-0.1, -0.05) is 83.9 Å². The minimum absolute atomic E-state index is 0. The van der Waals surface area contributed by atoms with Crippen LogP contribution in [0.2, 0.25) is 0 Å². The molecule has 2 atom stereocenters. The summed E-state index contributed by atoms with van der Waals surface area (Å²) in [6, 6.07) is 23.5. The number of ether oxygens (including phenoxy) is 1. The van der Waals surface area contributed by atoms with Crippen LogP contribution < -0.4 is 4.74 Å². The first kappa shape index (κ1) is 27.3. The third-order valence-corrected chi connectivity index (χ3v) is 5.64. The molecule has 8 heteroatoms. The van der Waals surface area contributed by atoms with E-state index >= 15 is 0 Å². The van der Waals surface area contributed by atoms with E-state index in [0.717, 1.165) is 5.56 Å². The molecule has 0 aliphatic heterocycles. The van der Waals surface area contributed by atoms with E-state index in [1.54, 1.807) is 31.4 Å². The fourth-order valence-electron chi connectivity index (χ4n) is 2.95. The van der Waals surface area contributed by atoms with E-state index in [0.29, 0.717) is 16.9 Å². The van der Waals surface area contributed by atoms with Crippen LogP contribution in [0.3, 0.4) is 0 Å². The molecule has 0 saturated carbocycles. The molecule has 0 heterocycles. The molecule has 31 heavy (non-hydrogen) atoms. The Balaban J connectivity index is 0.00000156. The standard InChI is InChI=1S/C22H22N2O3S.CH3.ClH.Ru/c1-27-20-14-12-17(13-15-20)16-28(25,26)24-22(19-10-6-3-7-11-19)21(23)18-8-4-2-5-9-18;;;/h2-15,21-23H,16H2,1H3;1H3;1H;/q-2;-1;;+4/p-1. The molecule has 0 fully saturated rings. The summed E-state index contributed by atoms with van der Waals surface area (Å²) in [5.74, 6) is 0.442. The summed E-state index contributed by atoms with van der Waals surface area (Å²) in [6.07, 6.45) is 0. The number of rotatable bonds is 8. The first-order chi connectivity index (χ1) is 14.5. The van der Waals surface area contributed by atoms with Gasteiger partial charge in [0.1, 0.15) is 5.75 Å². The molecule has 0 bridgehead atoms. The molecule has 166 valence electrons. The van der Waals surface area contributed by atoms with Crippen LogP contribution >= 0.6 is 9.69 Å². The van der Waals surface area contributed by atoms with Crippen LogP contribution in [0, 0.1) is 7.43 Å². The molecule has 3 aromatic carbocycles. The van der Waals surface area contributed by atoms with Gasteiger partial charge in [-0.05, 0) is 17.7 Å². The maximum atomic E-state index is 12.8. The van der Waals surface area contributed by atoms with Gasteiger partial charge < -0.3 is 22.6 Å². The third-order valence-electron chi connectivity index (χ3n) is 4.40. The second-order valence-electron chi connectivity index (χ2n) is 6.42. The number of hydrogen-bond donors (Lipinski definition) is 0. The number of hydrogen-bond acceptors (Lipinski definition) is 3. The zero-order valence-electron chi connectivity index (χ0n) is 17.3. The average molecular weight is 546 g/mol. The van der Waals surface area contributed by atoms with Crippen molar-refractivity contribution in [1.82, 2.24) is 0 Å². The van der Waals surface area contributed by atoms with Crippen molar-refractivity contribution < 1.29 is 30.5 Å². The summed E-state index contributed by atoms with van der Waals surface area (Å²) in [4.78, 5) is 0. The van der Waals surface area contributed by atoms with Crippen molar-refractivity contribution in [3.05, 3.63) is 120 Å². The van der Waals surface area contributed by atoms with Gasteiger partial charge in [-0.25, -0.2) is 8.42 Å². The summed E-state index contributed by atoms with van der Waals surface area (Å²) in [5, 5.41) is 0. The van der Waals surface area contributed by atoms with Gasteiger partial charge in [0, 0.05) is 0 Å². The molecular weight excluding hydrogens is 521 g/mol. The minimum atomic E-state index is -3.79. The van der Waals surface area contributed by atoms with Gasteiger partial charge in [0.25, 0.3) is 0 Å². The van der Waals surface area contributed by atoms with Gasteiger partial charge in [-0.2, -0.15) is 0 Å². The van der Waals surface area contributed by atoms with Crippen LogP contribution in [0.15, 0.2) is 84.9 Å². The van der Waals surface area contributed by atoms with Gasteiger partial charge in [0.2, 0.25) is 0 Å². The Hall–Kier alpha value is -1.76. The molecular formula is C23H25ClN2O3RuS. The van der Waals surface area contributed by atoms with Crippen LogP contribution in [0.25, 0.3) is 10.5 Å². The number of sulfonamides is 1. The quantitative estimate of drug-likeness (QED) is 0.237. The molecule has 0 spiro atoms. The van der Waals surface area contributed by atoms with Crippen molar-refractivity contribution in [2.75, 3.05) is 7.11 Å². The van der Waals surface area contributed by atoms with Crippen molar-refractivity contribution >= 4 is 19.7 Å². The molecule has 3 aromatic rings. The van der Waals surface area contributed by atoms with Gasteiger partial charge in [-0.3, -0.25) is 0 Å². The summed E-state index contributed by atoms with van der Waals surface area (Å²) in [5.41, 5.74) is 10.7. The fourth-order valence-corrected chi connectivity index (χ4v) is 4.23. The Morgan fingerprint density at radius 1 is 0.903 bits per heavy atom. The molecule has 0 radical (unpaired) electrons. The molecule has 0 saturated heterocycles. The molecule has 0 aromatic heterocycles. The number of nitrogens with zero attached hydrogens (tertiary/aromatic N) is 1. The van der Waals surface area contributed by atoms with Crippen molar-refractivity contribution in [2.24, 2.45) is 0 Å². The Morgan fingerprint density at radius 3 is 1.87 bits per heavy atom. The topological polar surface area (TPSA) is 81.3 Å².